The van der Waals surface area contributed by atoms with Gasteiger partial charge < -0.3 is 15.5 Å². The Morgan fingerprint density at radius 1 is 1.40 bits per heavy atom. The van der Waals surface area contributed by atoms with Crippen molar-refractivity contribution in [2.75, 3.05) is 50.8 Å². The molecule has 1 aliphatic rings. The molecule has 1 fully saturated rings. The minimum atomic E-state index is 0.0895. The van der Waals surface area contributed by atoms with Crippen molar-refractivity contribution >= 4 is 17.7 Å². The van der Waals surface area contributed by atoms with E-state index in [9.17, 15) is 4.79 Å². The fourth-order valence-corrected chi connectivity index (χ4v) is 2.50. The molecule has 5 heteroatoms. The zero-order valence-electron chi connectivity index (χ0n) is 9.42. The van der Waals surface area contributed by atoms with Gasteiger partial charge in [-0.2, -0.15) is 11.8 Å². The lowest BCUT2D eigenvalue weighted by Gasteiger charge is -2.25. The fraction of sp³-hybridized carbons (Fsp3) is 0.900. The molecule has 2 N–H and O–H groups in total. The van der Waals surface area contributed by atoms with E-state index in [0.717, 1.165) is 13.1 Å². The summed E-state index contributed by atoms with van der Waals surface area (Å²) in [6.07, 6.45) is 0. The van der Waals surface area contributed by atoms with E-state index in [-0.39, 0.29) is 5.91 Å². The Kier molecular flexibility index (Phi) is 6.80. The predicted molar refractivity (Wildman–Crippen MR) is 65.3 cm³/mol. The molecule has 1 aliphatic heterocycles. The topological polar surface area (TPSA) is 44.4 Å². The molecule has 0 aromatic carbocycles. The van der Waals surface area contributed by atoms with Gasteiger partial charge in [-0.05, 0) is 6.92 Å². The largest absolute Gasteiger partial charge is 0.355 e. The summed E-state index contributed by atoms with van der Waals surface area (Å²) in [6, 6.07) is 0. The summed E-state index contributed by atoms with van der Waals surface area (Å²) < 4.78 is 0. The van der Waals surface area contributed by atoms with E-state index in [0.29, 0.717) is 13.1 Å². The number of hydrogen-bond acceptors (Lipinski definition) is 4. The third-order valence-electron chi connectivity index (χ3n) is 2.37. The highest BCUT2D eigenvalue weighted by atomic mass is 32.2. The Balaban J connectivity index is 1.93. The van der Waals surface area contributed by atoms with Crippen LogP contribution in [0.25, 0.3) is 0 Å². The highest BCUT2D eigenvalue weighted by Gasteiger charge is 2.09. The van der Waals surface area contributed by atoms with Crippen molar-refractivity contribution in [3.63, 3.8) is 0 Å². The summed E-state index contributed by atoms with van der Waals surface area (Å²) in [6.45, 7) is 7.42. The number of carbonyl (C=O) groups excluding carboxylic acids is 1. The maximum atomic E-state index is 11.1. The molecule has 0 unspecified atom stereocenters. The second-order valence-corrected chi connectivity index (χ2v) is 4.81. The first-order chi connectivity index (χ1) is 7.33. The van der Waals surface area contributed by atoms with Crippen LogP contribution in [0.2, 0.25) is 0 Å². The third kappa shape index (κ3) is 6.02. The predicted octanol–water partition coefficient (Wildman–Crippen LogP) is -0.239. The van der Waals surface area contributed by atoms with Crippen LogP contribution in [0.3, 0.4) is 0 Å². The van der Waals surface area contributed by atoms with Gasteiger partial charge in [-0.25, -0.2) is 0 Å². The van der Waals surface area contributed by atoms with E-state index >= 15 is 0 Å². The Morgan fingerprint density at radius 2 is 2.13 bits per heavy atom. The third-order valence-corrected chi connectivity index (χ3v) is 3.31. The van der Waals surface area contributed by atoms with Gasteiger partial charge in [0.05, 0.1) is 6.54 Å². The lowest BCUT2D eigenvalue weighted by atomic mass is 10.4. The van der Waals surface area contributed by atoms with E-state index in [1.165, 1.54) is 24.6 Å². The highest BCUT2D eigenvalue weighted by molar-refractivity contribution is 7.99. The number of likely N-dealkylation sites (N-methyl/N-ethyl adjacent to an activating group) is 1. The van der Waals surface area contributed by atoms with Crippen LogP contribution < -0.4 is 10.6 Å². The average Bonchev–Trinajstić information content (AvgIpc) is 2.26. The molecule has 1 heterocycles. The Labute approximate surface area is 96.2 Å². The molecular formula is C10H21N3OS. The molecule has 0 atom stereocenters. The lowest BCUT2D eigenvalue weighted by molar-refractivity contribution is -0.120. The van der Waals surface area contributed by atoms with Crippen molar-refractivity contribution in [2.24, 2.45) is 0 Å². The molecular weight excluding hydrogens is 210 g/mol. The van der Waals surface area contributed by atoms with Crippen molar-refractivity contribution < 1.29 is 4.79 Å². The molecule has 88 valence electrons. The van der Waals surface area contributed by atoms with Crippen LogP contribution in [0.5, 0.6) is 0 Å². The number of nitrogens with one attached hydrogen (secondary N) is 2. The molecule has 4 nitrogen and oxygen atoms in total. The summed E-state index contributed by atoms with van der Waals surface area (Å²) in [7, 11) is 0. The van der Waals surface area contributed by atoms with Crippen molar-refractivity contribution in [3.05, 3.63) is 0 Å². The smallest absolute Gasteiger partial charge is 0.233 e. The van der Waals surface area contributed by atoms with Gasteiger partial charge in [0.1, 0.15) is 0 Å². The summed E-state index contributed by atoms with van der Waals surface area (Å²) in [5, 5.41) is 5.92. The number of rotatable bonds is 6. The quantitative estimate of drug-likeness (QED) is 0.619. The zero-order chi connectivity index (χ0) is 10.9. The molecule has 0 aromatic rings. The number of amides is 1. The molecule has 0 radical (unpaired) electrons. The highest BCUT2D eigenvalue weighted by Crippen LogP contribution is 2.07. The van der Waals surface area contributed by atoms with Crippen LogP contribution in [0.4, 0.5) is 0 Å². The molecule has 0 aliphatic carbocycles. The van der Waals surface area contributed by atoms with Crippen molar-refractivity contribution in [3.8, 4) is 0 Å². The minimum Gasteiger partial charge on any atom is -0.355 e. The first-order valence-corrected chi connectivity index (χ1v) is 6.76. The van der Waals surface area contributed by atoms with Gasteiger partial charge in [0.15, 0.2) is 0 Å². The van der Waals surface area contributed by atoms with Crippen molar-refractivity contribution in [1.82, 2.24) is 15.5 Å². The van der Waals surface area contributed by atoms with E-state index in [4.69, 9.17) is 0 Å². The molecule has 0 bridgehead atoms. The first kappa shape index (κ1) is 12.8. The maximum Gasteiger partial charge on any atom is 0.233 e. The van der Waals surface area contributed by atoms with Crippen LogP contribution in [0, 0.1) is 0 Å². The second-order valence-electron chi connectivity index (χ2n) is 3.58. The van der Waals surface area contributed by atoms with Gasteiger partial charge in [0, 0.05) is 44.2 Å². The van der Waals surface area contributed by atoms with Crippen LogP contribution in [0.15, 0.2) is 0 Å². The molecule has 1 amide bonds. The van der Waals surface area contributed by atoms with Gasteiger partial charge in [-0.15, -0.1) is 0 Å². The van der Waals surface area contributed by atoms with Crippen LogP contribution in [-0.2, 0) is 4.79 Å². The second kappa shape index (κ2) is 7.96. The molecule has 0 spiro atoms. The standard InChI is InChI=1S/C10H21N3OS/c1-2-12-10(14)9-11-3-4-13-5-7-15-8-6-13/h11H,2-9H2,1H3,(H,12,14). The lowest BCUT2D eigenvalue weighted by Crippen LogP contribution is -2.40. The van der Waals surface area contributed by atoms with Gasteiger partial charge in [-0.3, -0.25) is 4.79 Å². The number of carbonyl (C=O) groups is 1. The Hall–Kier alpha value is -0.260. The minimum absolute atomic E-state index is 0.0895. The Bertz CT molecular complexity index is 184. The van der Waals surface area contributed by atoms with Crippen LogP contribution in [0.1, 0.15) is 6.92 Å². The fourth-order valence-electron chi connectivity index (χ4n) is 1.52. The monoisotopic (exact) mass is 231 g/mol. The zero-order valence-corrected chi connectivity index (χ0v) is 10.2. The van der Waals surface area contributed by atoms with Crippen LogP contribution in [-0.4, -0.2) is 61.6 Å². The average molecular weight is 231 g/mol. The van der Waals surface area contributed by atoms with E-state index in [2.05, 4.69) is 15.5 Å². The Morgan fingerprint density at radius 3 is 2.80 bits per heavy atom. The van der Waals surface area contributed by atoms with Gasteiger partial charge in [-0.1, -0.05) is 0 Å². The summed E-state index contributed by atoms with van der Waals surface area (Å²) in [5.74, 6) is 2.58. The number of thioether (sulfide) groups is 1. The van der Waals surface area contributed by atoms with E-state index in [1.807, 2.05) is 18.7 Å². The van der Waals surface area contributed by atoms with Crippen molar-refractivity contribution in [2.45, 2.75) is 6.92 Å². The SMILES string of the molecule is CCNC(=O)CNCCN1CCSCC1. The summed E-state index contributed by atoms with van der Waals surface area (Å²) in [4.78, 5) is 13.5. The summed E-state index contributed by atoms with van der Waals surface area (Å²) >= 11 is 2.02. The van der Waals surface area contributed by atoms with Gasteiger partial charge in [0.25, 0.3) is 0 Å². The molecule has 15 heavy (non-hydrogen) atoms. The van der Waals surface area contributed by atoms with Gasteiger partial charge >= 0.3 is 0 Å². The molecule has 0 aromatic heterocycles. The van der Waals surface area contributed by atoms with Crippen molar-refractivity contribution in [1.29, 1.82) is 0 Å². The normalized spacial score (nSPS) is 17.7. The number of nitrogens with zero attached hydrogens (tertiary/aromatic N) is 1. The van der Waals surface area contributed by atoms with Gasteiger partial charge in [0.2, 0.25) is 5.91 Å². The maximum absolute atomic E-state index is 11.1. The number of hydrogen-bond donors (Lipinski definition) is 2. The first-order valence-electron chi connectivity index (χ1n) is 5.60. The molecule has 0 saturated carbocycles. The van der Waals surface area contributed by atoms with Crippen LogP contribution >= 0.6 is 11.8 Å². The van der Waals surface area contributed by atoms with E-state index in [1.54, 1.807) is 0 Å². The van der Waals surface area contributed by atoms with E-state index < -0.39 is 0 Å². The molecule has 1 rings (SSSR count). The summed E-state index contributed by atoms with van der Waals surface area (Å²) in [5.41, 5.74) is 0. The molecule has 1 saturated heterocycles.